The first-order chi connectivity index (χ1) is 10.1. The van der Waals surface area contributed by atoms with Gasteiger partial charge in [0, 0.05) is 13.0 Å². The number of ether oxygens (including phenoxy) is 1. The SMILES string of the molecule is Cc1cc2c(cc1C)OC(C(=O)NCC1CCCNC1)C2.Cl. The number of carbonyl (C=O) groups is 1. The lowest BCUT2D eigenvalue weighted by Crippen LogP contribution is -2.43. The summed E-state index contributed by atoms with van der Waals surface area (Å²) in [6.07, 6.45) is 2.71. The number of fused-ring (bicyclic) bond motifs is 1. The van der Waals surface area contributed by atoms with Gasteiger partial charge in [0.05, 0.1) is 0 Å². The number of halogens is 1. The van der Waals surface area contributed by atoms with Gasteiger partial charge in [-0.25, -0.2) is 0 Å². The van der Waals surface area contributed by atoms with Gasteiger partial charge in [0.25, 0.3) is 5.91 Å². The maximum Gasteiger partial charge on any atom is 0.261 e. The van der Waals surface area contributed by atoms with E-state index >= 15 is 0 Å². The molecule has 0 radical (unpaired) electrons. The van der Waals surface area contributed by atoms with Crippen LogP contribution >= 0.6 is 12.4 Å². The van der Waals surface area contributed by atoms with Crippen LogP contribution < -0.4 is 15.4 Å². The molecular formula is C17H25ClN2O2. The average Bonchev–Trinajstić information content (AvgIpc) is 2.89. The Kier molecular flexibility index (Phi) is 5.70. The van der Waals surface area contributed by atoms with Crippen molar-refractivity contribution in [1.29, 1.82) is 0 Å². The van der Waals surface area contributed by atoms with Gasteiger partial charge in [0.2, 0.25) is 0 Å². The van der Waals surface area contributed by atoms with Gasteiger partial charge in [-0.3, -0.25) is 4.79 Å². The highest BCUT2D eigenvalue weighted by molar-refractivity contribution is 5.85. The van der Waals surface area contributed by atoms with E-state index in [1.165, 1.54) is 24.0 Å². The first-order valence-corrected chi connectivity index (χ1v) is 7.88. The minimum absolute atomic E-state index is 0. The molecule has 5 heteroatoms. The minimum Gasteiger partial charge on any atom is -0.480 e. The van der Waals surface area contributed by atoms with Gasteiger partial charge in [-0.15, -0.1) is 12.4 Å². The van der Waals surface area contributed by atoms with E-state index in [0.29, 0.717) is 12.3 Å². The summed E-state index contributed by atoms with van der Waals surface area (Å²) in [7, 11) is 0. The molecule has 1 fully saturated rings. The Morgan fingerprint density at radius 3 is 2.86 bits per heavy atom. The lowest BCUT2D eigenvalue weighted by molar-refractivity contribution is -0.127. The number of hydrogen-bond acceptors (Lipinski definition) is 3. The molecule has 2 heterocycles. The van der Waals surface area contributed by atoms with Crippen molar-refractivity contribution in [2.75, 3.05) is 19.6 Å². The third-order valence-electron chi connectivity index (χ3n) is 4.61. The Hall–Kier alpha value is -1.26. The van der Waals surface area contributed by atoms with Crippen LogP contribution in [0.15, 0.2) is 12.1 Å². The number of aryl methyl sites for hydroxylation is 2. The summed E-state index contributed by atoms with van der Waals surface area (Å²) in [5.41, 5.74) is 3.62. The molecule has 22 heavy (non-hydrogen) atoms. The molecule has 2 aliphatic rings. The fourth-order valence-corrected chi connectivity index (χ4v) is 3.12. The lowest BCUT2D eigenvalue weighted by Gasteiger charge is -2.23. The Morgan fingerprint density at radius 1 is 1.36 bits per heavy atom. The monoisotopic (exact) mass is 324 g/mol. The van der Waals surface area contributed by atoms with E-state index in [0.717, 1.165) is 30.9 Å². The number of piperidine rings is 1. The molecule has 1 aromatic rings. The van der Waals surface area contributed by atoms with Crippen LogP contribution in [0.2, 0.25) is 0 Å². The molecule has 122 valence electrons. The summed E-state index contributed by atoms with van der Waals surface area (Å²) in [4.78, 5) is 12.3. The highest BCUT2D eigenvalue weighted by atomic mass is 35.5. The molecular weight excluding hydrogens is 300 g/mol. The van der Waals surface area contributed by atoms with Gasteiger partial charge < -0.3 is 15.4 Å². The normalized spacial score (nSPS) is 23.2. The van der Waals surface area contributed by atoms with Gasteiger partial charge >= 0.3 is 0 Å². The second kappa shape index (κ2) is 7.34. The third kappa shape index (κ3) is 3.73. The number of carbonyl (C=O) groups excluding carboxylic acids is 1. The Morgan fingerprint density at radius 2 is 2.14 bits per heavy atom. The highest BCUT2D eigenvalue weighted by Crippen LogP contribution is 2.31. The summed E-state index contributed by atoms with van der Waals surface area (Å²) in [6, 6.07) is 4.19. The molecule has 0 bridgehead atoms. The van der Waals surface area contributed by atoms with Crippen LogP contribution in [0.25, 0.3) is 0 Å². The molecule has 0 saturated carbocycles. The summed E-state index contributed by atoms with van der Waals surface area (Å²) >= 11 is 0. The standard InChI is InChI=1S/C17H24N2O2.ClH/c1-11-6-14-8-16(21-15(14)7-12(11)2)17(20)19-10-13-4-3-5-18-9-13;/h6-7,13,16,18H,3-5,8-10H2,1-2H3,(H,19,20);1H. The average molecular weight is 325 g/mol. The molecule has 0 aromatic heterocycles. The van der Waals surface area contributed by atoms with Crippen LogP contribution in [-0.4, -0.2) is 31.6 Å². The second-order valence-electron chi connectivity index (χ2n) is 6.31. The molecule has 1 saturated heterocycles. The Labute approximate surface area is 138 Å². The molecule has 0 spiro atoms. The van der Waals surface area contributed by atoms with Crippen LogP contribution in [0, 0.1) is 19.8 Å². The van der Waals surface area contributed by atoms with Crippen molar-refractivity contribution >= 4 is 18.3 Å². The molecule has 1 amide bonds. The molecule has 2 atom stereocenters. The van der Waals surface area contributed by atoms with Crippen molar-refractivity contribution in [3.63, 3.8) is 0 Å². The van der Waals surface area contributed by atoms with Crippen molar-refractivity contribution in [3.8, 4) is 5.75 Å². The number of rotatable bonds is 3. The van der Waals surface area contributed by atoms with Crippen molar-refractivity contribution < 1.29 is 9.53 Å². The van der Waals surface area contributed by atoms with Gasteiger partial charge in [0.1, 0.15) is 5.75 Å². The van der Waals surface area contributed by atoms with Gasteiger partial charge in [0.15, 0.2) is 6.10 Å². The van der Waals surface area contributed by atoms with E-state index in [-0.39, 0.29) is 24.4 Å². The first-order valence-electron chi connectivity index (χ1n) is 7.88. The molecule has 4 nitrogen and oxygen atoms in total. The van der Waals surface area contributed by atoms with E-state index in [2.05, 4.69) is 30.5 Å². The molecule has 2 N–H and O–H groups in total. The van der Waals surface area contributed by atoms with Crippen LogP contribution in [0.5, 0.6) is 5.75 Å². The lowest BCUT2D eigenvalue weighted by atomic mass is 9.99. The predicted molar refractivity (Wildman–Crippen MR) is 89.9 cm³/mol. The van der Waals surface area contributed by atoms with Crippen LogP contribution in [0.3, 0.4) is 0 Å². The zero-order valence-corrected chi connectivity index (χ0v) is 14.1. The highest BCUT2D eigenvalue weighted by Gasteiger charge is 2.29. The van der Waals surface area contributed by atoms with E-state index in [4.69, 9.17) is 4.74 Å². The van der Waals surface area contributed by atoms with Gasteiger partial charge in [-0.05, 0) is 68.5 Å². The zero-order valence-electron chi connectivity index (χ0n) is 13.3. The van der Waals surface area contributed by atoms with Gasteiger partial charge in [-0.2, -0.15) is 0 Å². The van der Waals surface area contributed by atoms with Crippen molar-refractivity contribution in [1.82, 2.24) is 10.6 Å². The molecule has 1 aromatic carbocycles. The third-order valence-corrected chi connectivity index (χ3v) is 4.61. The van der Waals surface area contributed by atoms with E-state index in [9.17, 15) is 4.79 Å². The molecule has 2 unspecified atom stereocenters. The van der Waals surface area contributed by atoms with E-state index < -0.39 is 0 Å². The molecule has 0 aliphatic carbocycles. The summed E-state index contributed by atoms with van der Waals surface area (Å²) in [5.74, 6) is 1.45. The van der Waals surface area contributed by atoms with Crippen LogP contribution in [0.4, 0.5) is 0 Å². The first kappa shape index (κ1) is 17.1. The largest absolute Gasteiger partial charge is 0.480 e. The number of benzene rings is 1. The molecule has 2 aliphatic heterocycles. The van der Waals surface area contributed by atoms with Crippen molar-refractivity contribution in [2.24, 2.45) is 5.92 Å². The van der Waals surface area contributed by atoms with E-state index in [1.54, 1.807) is 0 Å². The van der Waals surface area contributed by atoms with E-state index in [1.807, 2.05) is 6.07 Å². The maximum atomic E-state index is 12.3. The second-order valence-corrected chi connectivity index (χ2v) is 6.31. The summed E-state index contributed by atoms with van der Waals surface area (Å²) in [6.45, 7) is 7.02. The van der Waals surface area contributed by atoms with Gasteiger partial charge in [-0.1, -0.05) is 6.07 Å². The Balaban J connectivity index is 0.00000176. The maximum absolute atomic E-state index is 12.3. The van der Waals surface area contributed by atoms with Crippen LogP contribution in [0.1, 0.15) is 29.5 Å². The smallest absolute Gasteiger partial charge is 0.261 e. The fourth-order valence-electron chi connectivity index (χ4n) is 3.12. The van der Waals surface area contributed by atoms with Crippen molar-refractivity contribution in [3.05, 3.63) is 28.8 Å². The number of nitrogens with one attached hydrogen (secondary N) is 2. The Bertz CT molecular complexity index is 511. The quantitative estimate of drug-likeness (QED) is 0.895. The topological polar surface area (TPSA) is 50.4 Å². The number of hydrogen-bond donors (Lipinski definition) is 2. The van der Waals surface area contributed by atoms with Crippen molar-refractivity contribution in [2.45, 2.75) is 39.2 Å². The summed E-state index contributed by atoms with van der Waals surface area (Å²) < 4.78 is 5.82. The summed E-state index contributed by atoms with van der Waals surface area (Å²) in [5, 5.41) is 6.43. The minimum atomic E-state index is -0.363. The predicted octanol–water partition coefficient (Wildman–Crippen LogP) is 2.14. The number of amides is 1. The molecule has 3 rings (SSSR count). The fraction of sp³-hybridized carbons (Fsp3) is 0.588. The zero-order chi connectivity index (χ0) is 14.8. The van der Waals surface area contributed by atoms with Crippen LogP contribution in [-0.2, 0) is 11.2 Å².